The van der Waals surface area contributed by atoms with Crippen LogP contribution in [0.25, 0.3) is 0 Å². The van der Waals surface area contributed by atoms with Gasteiger partial charge in [-0.2, -0.15) is 11.8 Å². The molecule has 0 aromatic carbocycles. The van der Waals surface area contributed by atoms with Crippen LogP contribution in [0.1, 0.15) is 46.0 Å². The first kappa shape index (κ1) is 17.3. The molecule has 0 N–H and O–H groups in total. The van der Waals surface area contributed by atoms with Gasteiger partial charge in [0.1, 0.15) is 0 Å². The van der Waals surface area contributed by atoms with E-state index >= 15 is 0 Å². The molecule has 0 aromatic rings. The van der Waals surface area contributed by atoms with Crippen LogP contribution >= 0.6 is 11.8 Å². The highest BCUT2D eigenvalue weighted by Gasteiger charge is 2.25. The fourth-order valence-corrected chi connectivity index (χ4v) is 3.08. The second kappa shape index (κ2) is 8.50. The van der Waals surface area contributed by atoms with Gasteiger partial charge in [0.25, 0.3) is 0 Å². The van der Waals surface area contributed by atoms with Crippen molar-refractivity contribution in [2.75, 3.05) is 12.8 Å². The normalized spacial score (nSPS) is 23.9. The van der Waals surface area contributed by atoms with Gasteiger partial charge in [-0.3, -0.25) is 14.5 Å². The van der Waals surface area contributed by atoms with Crippen molar-refractivity contribution >= 4 is 24.1 Å². The number of imide groups is 1. The summed E-state index contributed by atoms with van der Waals surface area (Å²) in [6.45, 7) is 8.73. The van der Waals surface area contributed by atoms with E-state index in [9.17, 15) is 9.59 Å². The van der Waals surface area contributed by atoms with Gasteiger partial charge in [0.2, 0.25) is 12.3 Å². The number of carbonyl (C=O) groups excluding carboxylic acids is 2. The van der Waals surface area contributed by atoms with Gasteiger partial charge >= 0.3 is 0 Å². The molecular formula is C16H27NO2S. The lowest BCUT2D eigenvalue weighted by atomic mass is 9.79. The second-order valence-electron chi connectivity index (χ2n) is 5.97. The largest absolute Gasteiger partial charge is 0.285 e. The Kier molecular flexibility index (Phi) is 7.35. The Morgan fingerprint density at radius 3 is 2.45 bits per heavy atom. The molecule has 0 bridgehead atoms. The Morgan fingerprint density at radius 2 is 2.00 bits per heavy atom. The molecule has 0 aliphatic heterocycles. The number of rotatable bonds is 7. The Balaban J connectivity index is 2.43. The molecule has 1 rings (SSSR count). The molecule has 4 heteroatoms. The summed E-state index contributed by atoms with van der Waals surface area (Å²) in [4.78, 5) is 24.6. The first-order chi connectivity index (χ1) is 9.47. The number of nitrogens with zero attached hydrogens (tertiary/aromatic N) is 1. The standard InChI is InChI=1S/C16H27NO2S/c1-12(2)15-7-5-14(6-8-15)10-17(11-18)16(19)9-13(3)20-4/h11,13-15H,1,5-10H2,2-4H3. The van der Waals surface area contributed by atoms with Crippen LogP contribution in [0.5, 0.6) is 0 Å². The number of amides is 2. The van der Waals surface area contributed by atoms with E-state index in [1.807, 2.05) is 13.2 Å². The zero-order valence-corrected chi connectivity index (χ0v) is 13.7. The van der Waals surface area contributed by atoms with Gasteiger partial charge in [-0.15, -0.1) is 0 Å². The molecule has 1 aliphatic carbocycles. The van der Waals surface area contributed by atoms with Crippen LogP contribution in [0.3, 0.4) is 0 Å². The molecule has 20 heavy (non-hydrogen) atoms. The smallest absolute Gasteiger partial charge is 0.230 e. The maximum Gasteiger partial charge on any atom is 0.230 e. The highest BCUT2D eigenvalue weighted by atomic mass is 32.2. The highest BCUT2D eigenvalue weighted by molar-refractivity contribution is 7.99. The Labute approximate surface area is 127 Å². The number of allylic oxidation sites excluding steroid dienone is 1. The minimum absolute atomic E-state index is 0.0381. The van der Waals surface area contributed by atoms with E-state index in [2.05, 4.69) is 13.5 Å². The molecule has 1 unspecified atom stereocenters. The fraction of sp³-hybridized carbons (Fsp3) is 0.750. The molecule has 0 radical (unpaired) electrons. The van der Waals surface area contributed by atoms with Gasteiger partial charge in [0.05, 0.1) is 0 Å². The van der Waals surface area contributed by atoms with Crippen LogP contribution in [-0.2, 0) is 9.59 Å². The molecule has 0 heterocycles. The van der Waals surface area contributed by atoms with Gasteiger partial charge in [-0.25, -0.2) is 0 Å². The average molecular weight is 297 g/mol. The number of thioether (sulfide) groups is 1. The predicted octanol–water partition coefficient (Wildman–Crippen LogP) is 3.50. The Morgan fingerprint density at radius 1 is 1.40 bits per heavy atom. The van der Waals surface area contributed by atoms with Gasteiger partial charge < -0.3 is 0 Å². The van der Waals surface area contributed by atoms with E-state index in [0.717, 1.165) is 25.7 Å². The number of hydrogen-bond donors (Lipinski definition) is 0. The summed E-state index contributed by atoms with van der Waals surface area (Å²) in [5.41, 5.74) is 1.26. The fourth-order valence-electron chi connectivity index (χ4n) is 2.77. The highest BCUT2D eigenvalue weighted by Crippen LogP contribution is 2.32. The van der Waals surface area contributed by atoms with E-state index < -0.39 is 0 Å². The molecule has 1 fully saturated rings. The summed E-state index contributed by atoms with van der Waals surface area (Å²) >= 11 is 1.66. The zero-order valence-electron chi connectivity index (χ0n) is 12.9. The summed E-state index contributed by atoms with van der Waals surface area (Å²) in [6.07, 6.45) is 7.61. The minimum atomic E-state index is -0.0381. The van der Waals surface area contributed by atoms with E-state index in [4.69, 9.17) is 0 Å². The van der Waals surface area contributed by atoms with E-state index in [1.165, 1.54) is 10.5 Å². The van der Waals surface area contributed by atoms with Crippen molar-refractivity contribution in [2.24, 2.45) is 11.8 Å². The lowest BCUT2D eigenvalue weighted by molar-refractivity contribution is -0.139. The maximum absolute atomic E-state index is 12.1. The van der Waals surface area contributed by atoms with Gasteiger partial charge in [0.15, 0.2) is 0 Å². The van der Waals surface area contributed by atoms with Crippen molar-refractivity contribution in [1.29, 1.82) is 0 Å². The van der Waals surface area contributed by atoms with Gasteiger partial charge in [-0.05, 0) is 50.7 Å². The molecular weight excluding hydrogens is 270 g/mol. The van der Waals surface area contributed by atoms with Crippen LogP contribution in [0.15, 0.2) is 12.2 Å². The van der Waals surface area contributed by atoms with Crippen LogP contribution in [0.2, 0.25) is 0 Å². The summed E-state index contributed by atoms with van der Waals surface area (Å²) in [7, 11) is 0. The molecule has 0 saturated heterocycles. The van der Waals surface area contributed by atoms with Crippen LogP contribution in [-0.4, -0.2) is 35.3 Å². The van der Waals surface area contributed by atoms with Gasteiger partial charge in [-0.1, -0.05) is 19.1 Å². The quantitative estimate of drug-likeness (QED) is 0.533. The summed E-state index contributed by atoms with van der Waals surface area (Å²) < 4.78 is 0. The summed E-state index contributed by atoms with van der Waals surface area (Å²) in [5.74, 6) is 1.05. The van der Waals surface area contributed by atoms with Crippen LogP contribution in [0, 0.1) is 11.8 Å². The minimum Gasteiger partial charge on any atom is -0.285 e. The van der Waals surface area contributed by atoms with Gasteiger partial charge in [0, 0.05) is 18.2 Å². The van der Waals surface area contributed by atoms with Crippen molar-refractivity contribution in [2.45, 2.75) is 51.2 Å². The van der Waals surface area contributed by atoms with Crippen molar-refractivity contribution < 1.29 is 9.59 Å². The Hall–Kier alpha value is -0.770. The van der Waals surface area contributed by atoms with Crippen molar-refractivity contribution in [1.82, 2.24) is 4.90 Å². The lowest BCUT2D eigenvalue weighted by Crippen LogP contribution is -2.36. The maximum atomic E-state index is 12.1. The molecule has 0 spiro atoms. The number of carbonyl (C=O) groups is 2. The van der Waals surface area contributed by atoms with E-state index in [0.29, 0.717) is 31.2 Å². The predicted molar refractivity (Wildman–Crippen MR) is 85.6 cm³/mol. The SMILES string of the molecule is C=C(C)C1CCC(CN(C=O)C(=O)CC(C)SC)CC1. The van der Waals surface area contributed by atoms with E-state index in [1.54, 1.807) is 11.8 Å². The third-order valence-electron chi connectivity index (χ3n) is 4.31. The monoisotopic (exact) mass is 297 g/mol. The molecule has 3 nitrogen and oxygen atoms in total. The van der Waals surface area contributed by atoms with Crippen molar-refractivity contribution in [3.63, 3.8) is 0 Å². The molecule has 1 atom stereocenters. The lowest BCUT2D eigenvalue weighted by Gasteiger charge is -2.31. The van der Waals surface area contributed by atoms with Crippen molar-refractivity contribution in [3.8, 4) is 0 Å². The summed E-state index contributed by atoms with van der Waals surface area (Å²) in [5, 5.41) is 0.268. The third-order valence-corrected chi connectivity index (χ3v) is 5.28. The molecule has 1 aliphatic rings. The van der Waals surface area contributed by atoms with E-state index in [-0.39, 0.29) is 11.2 Å². The first-order valence-electron chi connectivity index (χ1n) is 7.40. The average Bonchev–Trinajstić information content (AvgIpc) is 2.44. The third kappa shape index (κ3) is 5.31. The summed E-state index contributed by atoms with van der Waals surface area (Å²) in [6, 6.07) is 0. The molecule has 0 aromatic heterocycles. The Bertz CT molecular complexity index is 348. The first-order valence-corrected chi connectivity index (χ1v) is 8.69. The molecule has 114 valence electrons. The van der Waals surface area contributed by atoms with Crippen molar-refractivity contribution in [3.05, 3.63) is 12.2 Å². The zero-order chi connectivity index (χ0) is 15.1. The second-order valence-corrected chi connectivity index (χ2v) is 7.24. The van der Waals surface area contributed by atoms with Crippen LogP contribution in [0.4, 0.5) is 0 Å². The topological polar surface area (TPSA) is 37.4 Å². The van der Waals surface area contributed by atoms with Crippen LogP contribution < -0.4 is 0 Å². The molecule has 1 saturated carbocycles. The molecule has 2 amide bonds. The number of hydrogen-bond acceptors (Lipinski definition) is 3.